The van der Waals surface area contributed by atoms with E-state index in [-0.39, 0.29) is 11.8 Å². The first-order chi connectivity index (χ1) is 20.4. The highest BCUT2D eigenvalue weighted by molar-refractivity contribution is 6.28. The van der Waals surface area contributed by atoms with Gasteiger partial charge in [-0.3, -0.25) is 0 Å². The van der Waals surface area contributed by atoms with Crippen molar-refractivity contribution in [3.05, 3.63) is 83.2 Å². The summed E-state index contributed by atoms with van der Waals surface area (Å²) in [7, 11) is 0. The standard InChI is InChI=1S/C39H44N4/c1-20(2)27-15-25-11-13-28-30(34-18-32(21(3)4)40-38(42-34)23(7)8)17-31(29-14-12-26(16-27)36(25)37(28)29)35-19-33(22(5)6)41-39(43-35)24(9)10/h11-24H,1-10H3. The molecule has 0 aliphatic rings. The molecular formula is C39H44N4. The van der Waals surface area contributed by atoms with E-state index in [1.807, 2.05) is 0 Å². The van der Waals surface area contributed by atoms with Gasteiger partial charge < -0.3 is 0 Å². The van der Waals surface area contributed by atoms with Gasteiger partial charge in [-0.25, -0.2) is 19.9 Å². The van der Waals surface area contributed by atoms with E-state index < -0.39 is 0 Å². The summed E-state index contributed by atoms with van der Waals surface area (Å²) in [5.74, 6) is 3.31. The molecule has 0 fully saturated rings. The number of rotatable bonds is 7. The molecule has 2 heterocycles. The van der Waals surface area contributed by atoms with E-state index in [0.29, 0.717) is 17.8 Å². The van der Waals surface area contributed by atoms with Gasteiger partial charge in [0.05, 0.1) is 11.4 Å². The molecule has 6 aromatic rings. The van der Waals surface area contributed by atoms with Crippen molar-refractivity contribution in [2.75, 3.05) is 0 Å². The topological polar surface area (TPSA) is 51.6 Å². The molecule has 0 atom stereocenters. The molecule has 4 heteroatoms. The van der Waals surface area contributed by atoms with Crippen LogP contribution in [-0.4, -0.2) is 19.9 Å². The van der Waals surface area contributed by atoms with E-state index in [1.54, 1.807) is 0 Å². The SMILES string of the molecule is CC(C)c1cc2ccc3c(-c4cc(C(C)C)nc(C(C)C)n4)cc(-c4cc(C(C)C)nc(C(C)C)n4)c4ccc(c1)c2c34. The Labute approximate surface area is 256 Å². The minimum absolute atomic E-state index is 0.232. The van der Waals surface area contributed by atoms with Crippen LogP contribution in [0.15, 0.2) is 54.6 Å². The maximum Gasteiger partial charge on any atom is 0.131 e. The Kier molecular flexibility index (Phi) is 7.44. The van der Waals surface area contributed by atoms with Gasteiger partial charge in [0.1, 0.15) is 11.6 Å². The minimum Gasteiger partial charge on any atom is -0.237 e. The fraction of sp³-hybridized carbons (Fsp3) is 0.385. The zero-order valence-corrected chi connectivity index (χ0v) is 27.4. The van der Waals surface area contributed by atoms with E-state index in [2.05, 4.69) is 124 Å². The molecule has 6 rings (SSSR count). The molecule has 220 valence electrons. The van der Waals surface area contributed by atoms with Gasteiger partial charge in [0.15, 0.2) is 0 Å². The largest absolute Gasteiger partial charge is 0.237 e. The van der Waals surface area contributed by atoms with Gasteiger partial charge in [-0.2, -0.15) is 0 Å². The van der Waals surface area contributed by atoms with Crippen LogP contribution in [0.25, 0.3) is 54.8 Å². The van der Waals surface area contributed by atoms with Gasteiger partial charge in [0.25, 0.3) is 0 Å². The molecule has 2 aromatic heterocycles. The second-order valence-electron chi connectivity index (χ2n) is 13.8. The molecule has 0 N–H and O–H groups in total. The molecule has 4 aromatic carbocycles. The van der Waals surface area contributed by atoms with Crippen LogP contribution in [0.3, 0.4) is 0 Å². The number of aromatic nitrogens is 4. The van der Waals surface area contributed by atoms with Crippen LogP contribution < -0.4 is 0 Å². The van der Waals surface area contributed by atoms with Crippen LogP contribution in [-0.2, 0) is 0 Å². The maximum atomic E-state index is 5.19. The first-order valence-electron chi connectivity index (χ1n) is 16.0. The molecule has 0 radical (unpaired) electrons. The van der Waals surface area contributed by atoms with Gasteiger partial charge in [-0.05, 0) is 73.8 Å². The number of hydrogen-bond donors (Lipinski definition) is 0. The van der Waals surface area contributed by atoms with E-state index in [9.17, 15) is 0 Å². The summed E-state index contributed by atoms with van der Waals surface area (Å²) >= 11 is 0. The molecule has 0 bridgehead atoms. The predicted molar refractivity (Wildman–Crippen MR) is 183 cm³/mol. The third kappa shape index (κ3) is 5.15. The normalized spacial score (nSPS) is 12.5. The Hall–Kier alpha value is -3.92. The van der Waals surface area contributed by atoms with Crippen LogP contribution >= 0.6 is 0 Å². The lowest BCUT2D eigenvalue weighted by molar-refractivity contribution is 0.731. The summed E-state index contributed by atoms with van der Waals surface area (Å²) in [5, 5.41) is 7.60. The monoisotopic (exact) mass is 568 g/mol. The second kappa shape index (κ2) is 11.0. The lowest BCUT2D eigenvalue weighted by atomic mass is 9.85. The molecule has 43 heavy (non-hydrogen) atoms. The molecule has 0 saturated heterocycles. The van der Waals surface area contributed by atoms with Crippen LogP contribution in [0.2, 0.25) is 0 Å². The van der Waals surface area contributed by atoms with Gasteiger partial charge in [-0.1, -0.05) is 106 Å². The third-order valence-electron chi connectivity index (χ3n) is 8.70. The Morgan fingerprint density at radius 2 is 0.860 bits per heavy atom. The summed E-state index contributed by atoms with van der Waals surface area (Å²) in [5.41, 5.74) is 7.74. The molecule has 0 aliphatic carbocycles. The third-order valence-corrected chi connectivity index (χ3v) is 8.70. The molecule has 0 spiro atoms. The molecule has 4 nitrogen and oxygen atoms in total. The van der Waals surface area contributed by atoms with Crippen molar-refractivity contribution < 1.29 is 0 Å². The maximum absolute atomic E-state index is 5.19. The van der Waals surface area contributed by atoms with Crippen molar-refractivity contribution in [1.29, 1.82) is 0 Å². The summed E-state index contributed by atoms with van der Waals surface area (Å²) in [6.07, 6.45) is 0. The Morgan fingerprint density at radius 1 is 0.419 bits per heavy atom. The lowest BCUT2D eigenvalue weighted by Crippen LogP contribution is -2.06. The zero-order chi connectivity index (χ0) is 30.7. The van der Waals surface area contributed by atoms with Crippen LogP contribution in [0, 0.1) is 0 Å². The molecule has 0 aliphatic heterocycles. The van der Waals surface area contributed by atoms with E-state index in [4.69, 9.17) is 19.9 Å². The Bertz CT molecular complexity index is 1780. The zero-order valence-electron chi connectivity index (χ0n) is 27.4. The lowest BCUT2D eigenvalue weighted by Gasteiger charge is -2.20. The highest BCUT2D eigenvalue weighted by atomic mass is 14.9. The fourth-order valence-electron chi connectivity index (χ4n) is 6.05. The van der Waals surface area contributed by atoms with Gasteiger partial charge >= 0.3 is 0 Å². The summed E-state index contributed by atoms with van der Waals surface area (Å²) in [6.45, 7) is 22.1. The minimum atomic E-state index is 0.232. The summed E-state index contributed by atoms with van der Waals surface area (Å²) in [4.78, 5) is 20.3. The molecule has 0 saturated carbocycles. The average Bonchev–Trinajstić information content (AvgIpc) is 2.98. The van der Waals surface area contributed by atoms with Gasteiger partial charge in [0, 0.05) is 34.4 Å². The Balaban J connectivity index is 1.78. The van der Waals surface area contributed by atoms with Crippen molar-refractivity contribution in [2.24, 2.45) is 0 Å². The number of nitrogens with zero attached hydrogens (tertiary/aromatic N) is 4. The van der Waals surface area contributed by atoms with Crippen molar-refractivity contribution in [2.45, 2.75) is 98.8 Å². The van der Waals surface area contributed by atoms with Crippen LogP contribution in [0.5, 0.6) is 0 Å². The van der Waals surface area contributed by atoms with E-state index >= 15 is 0 Å². The smallest absolute Gasteiger partial charge is 0.131 e. The summed E-state index contributed by atoms with van der Waals surface area (Å²) < 4.78 is 0. The molecular weight excluding hydrogens is 524 g/mol. The van der Waals surface area contributed by atoms with Crippen molar-refractivity contribution in [1.82, 2.24) is 19.9 Å². The van der Waals surface area contributed by atoms with Crippen molar-refractivity contribution in [3.8, 4) is 22.5 Å². The fourth-order valence-corrected chi connectivity index (χ4v) is 6.05. The van der Waals surface area contributed by atoms with E-state index in [1.165, 1.54) is 37.9 Å². The van der Waals surface area contributed by atoms with Gasteiger partial charge in [0.2, 0.25) is 0 Å². The molecule has 0 amide bonds. The van der Waals surface area contributed by atoms with Gasteiger partial charge in [-0.15, -0.1) is 0 Å². The van der Waals surface area contributed by atoms with Crippen molar-refractivity contribution in [3.63, 3.8) is 0 Å². The first-order valence-corrected chi connectivity index (χ1v) is 16.0. The highest BCUT2D eigenvalue weighted by Gasteiger charge is 2.22. The summed E-state index contributed by atoms with van der Waals surface area (Å²) in [6, 6.07) is 20.7. The number of benzene rings is 4. The second-order valence-corrected chi connectivity index (χ2v) is 13.8. The average molecular weight is 569 g/mol. The molecule has 0 unspecified atom stereocenters. The predicted octanol–water partition coefficient (Wildman–Crippen LogP) is 11.1. The van der Waals surface area contributed by atoms with Crippen molar-refractivity contribution >= 4 is 32.3 Å². The Morgan fingerprint density at radius 3 is 1.23 bits per heavy atom. The first kappa shape index (κ1) is 29.2. The van der Waals surface area contributed by atoms with Crippen LogP contribution in [0.4, 0.5) is 0 Å². The highest BCUT2D eigenvalue weighted by Crippen LogP contribution is 2.44. The van der Waals surface area contributed by atoms with E-state index in [0.717, 1.165) is 45.6 Å². The van der Waals surface area contributed by atoms with Crippen LogP contribution in [0.1, 0.15) is 127 Å². The quantitative estimate of drug-likeness (QED) is 0.180. The number of hydrogen-bond acceptors (Lipinski definition) is 4.